The highest BCUT2D eigenvalue weighted by Gasteiger charge is 2.14. The lowest BCUT2D eigenvalue weighted by molar-refractivity contribution is 0.101. The number of carbonyl (C=O) groups excluding carboxylic acids is 1. The zero-order chi connectivity index (χ0) is 14.5. The number of hydrogen-bond donors (Lipinski definition) is 0. The summed E-state index contributed by atoms with van der Waals surface area (Å²) in [6.45, 7) is 1.77. The summed E-state index contributed by atoms with van der Waals surface area (Å²) >= 11 is 0. The Morgan fingerprint density at radius 1 is 1.20 bits per heavy atom. The number of halogens is 1. The van der Waals surface area contributed by atoms with Crippen LogP contribution in [-0.2, 0) is 11.3 Å². The van der Waals surface area contributed by atoms with Crippen molar-refractivity contribution in [3.05, 3.63) is 59.4 Å². The minimum atomic E-state index is -0.581. The molecule has 0 aliphatic heterocycles. The molecule has 0 aliphatic carbocycles. The molecule has 104 valence electrons. The molecule has 0 heterocycles. The molecule has 0 aliphatic rings. The molecular weight excluding hydrogens is 259 g/mol. The minimum absolute atomic E-state index is 0.0374. The highest BCUT2D eigenvalue weighted by molar-refractivity contribution is 5.97. The predicted molar refractivity (Wildman–Crippen MR) is 73.6 cm³/mol. The lowest BCUT2D eigenvalue weighted by atomic mass is 10.1. The smallest absolute Gasteiger partial charge is 0.166 e. The number of carbonyl (C=O) groups is 1. The summed E-state index contributed by atoms with van der Waals surface area (Å²) in [6, 6.07) is 11.6. The number of ether oxygens (including phenoxy) is 2. The molecule has 0 saturated heterocycles. The van der Waals surface area contributed by atoms with Gasteiger partial charge in [-0.05, 0) is 36.8 Å². The van der Waals surface area contributed by atoms with Gasteiger partial charge < -0.3 is 9.47 Å². The summed E-state index contributed by atoms with van der Waals surface area (Å²) in [5.74, 6) is -0.200. The van der Waals surface area contributed by atoms with Gasteiger partial charge in [0.05, 0.1) is 12.2 Å². The van der Waals surface area contributed by atoms with E-state index >= 15 is 0 Å². The zero-order valence-electron chi connectivity index (χ0n) is 11.4. The van der Waals surface area contributed by atoms with Crippen molar-refractivity contribution in [1.82, 2.24) is 0 Å². The molecule has 2 rings (SSSR count). The molecule has 4 heteroatoms. The highest BCUT2D eigenvalue weighted by atomic mass is 19.1. The minimum Gasteiger partial charge on any atom is -0.456 e. The van der Waals surface area contributed by atoms with Crippen LogP contribution in [0, 0.1) is 5.82 Å². The van der Waals surface area contributed by atoms with Crippen LogP contribution >= 0.6 is 0 Å². The molecule has 3 nitrogen and oxygen atoms in total. The van der Waals surface area contributed by atoms with E-state index in [9.17, 15) is 9.18 Å². The average molecular weight is 274 g/mol. The van der Waals surface area contributed by atoms with Gasteiger partial charge in [0.15, 0.2) is 5.78 Å². The van der Waals surface area contributed by atoms with Crippen molar-refractivity contribution in [2.24, 2.45) is 0 Å². The summed E-state index contributed by atoms with van der Waals surface area (Å²) in [5.41, 5.74) is 0.899. The van der Waals surface area contributed by atoms with Gasteiger partial charge in [-0.25, -0.2) is 4.39 Å². The Bertz CT molecular complexity index is 623. The fraction of sp³-hybridized carbons (Fsp3) is 0.188. The van der Waals surface area contributed by atoms with Crippen molar-refractivity contribution in [2.75, 3.05) is 7.11 Å². The van der Waals surface area contributed by atoms with Crippen molar-refractivity contribution in [1.29, 1.82) is 0 Å². The zero-order valence-corrected chi connectivity index (χ0v) is 11.4. The van der Waals surface area contributed by atoms with Gasteiger partial charge >= 0.3 is 0 Å². The van der Waals surface area contributed by atoms with Gasteiger partial charge in [0.1, 0.15) is 17.3 Å². The Balaban J connectivity index is 2.32. The van der Waals surface area contributed by atoms with Crippen LogP contribution in [0.2, 0.25) is 0 Å². The maximum Gasteiger partial charge on any atom is 0.166 e. The molecule has 0 amide bonds. The van der Waals surface area contributed by atoms with Crippen molar-refractivity contribution >= 4 is 5.78 Å². The van der Waals surface area contributed by atoms with E-state index in [1.165, 1.54) is 19.1 Å². The van der Waals surface area contributed by atoms with Crippen molar-refractivity contribution < 1.29 is 18.7 Å². The molecule has 0 atom stereocenters. The third-order valence-corrected chi connectivity index (χ3v) is 2.76. The third kappa shape index (κ3) is 3.22. The monoisotopic (exact) mass is 274 g/mol. The molecule has 0 fully saturated rings. The lowest BCUT2D eigenvalue weighted by Crippen LogP contribution is -2.01. The molecule has 0 saturated carbocycles. The first-order valence-electron chi connectivity index (χ1n) is 6.17. The van der Waals surface area contributed by atoms with E-state index in [1.54, 1.807) is 25.3 Å². The van der Waals surface area contributed by atoms with E-state index in [0.717, 1.165) is 5.56 Å². The van der Waals surface area contributed by atoms with Crippen LogP contribution < -0.4 is 4.74 Å². The number of methoxy groups -OCH3 is 1. The quantitative estimate of drug-likeness (QED) is 0.774. The van der Waals surface area contributed by atoms with Crippen LogP contribution in [0.3, 0.4) is 0 Å². The predicted octanol–water partition coefficient (Wildman–Crippen LogP) is 3.97. The Morgan fingerprint density at radius 3 is 2.65 bits per heavy atom. The number of ketones is 1. The molecule has 0 unspecified atom stereocenters. The van der Waals surface area contributed by atoms with E-state index in [2.05, 4.69) is 0 Å². The summed E-state index contributed by atoms with van der Waals surface area (Å²) in [4.78, 5) is 11.5. The van der Waals surface area contributed by atoms with Gasteiger partial charge in [-0.3, -0.25) is 4.79 Å². The van der Waals surface area contributed by atoms with Crippen LogP contribution in [0.1, 0.15) is 22.8 Å². The van der Waals surface area contributed by atoms with Gasteiger partial charge in [-0.15, -0.1) is 0 Å². The highest BCUT2D eigenvalue weighted by Crippen LogP contribution is 2.28. The number of hydrogen-bond acceptors (Lipinski definition) is 3. The average Bonchev–Trinajstić information content (AvgIpc) is 2.39. The summed E-state index contributed by atoms with van der Waals surface area (Å²) in [6.07, 6.45) is 0. The first-order chi connectivity index (χ1) is 9.61. The number of benzene rings is 2. The van der Waals surface area contributed by atoms with Crippen LogP contribution in [0.15, 0.2) is 42.5 Å². The second kappa shape index (κ2) is 6.30. The molecule has 20 heavy (non-hydrogen) atoms. The Hall–Kier alpha value is -2.20. The second-order valence-corrected chi connectivity index (χ2v) is 4.35. The van der Waals surface area contributed by atoms with Crippen molar-refractivity contribution in [2.45, 2.75) is 13.5 Å². The van der Waals surface area contributed by atoms with Gasteiger partial charge in [0.25, 0.3) is 0 Å². The summed E-state index contributed by atoms with van der Waals surface area (Å²) in [5, 5.41) is 0. The van der Waals surface area contributed by atoms with Crippen LogP contribution in [0.25, 0.3) is 0 Å². The lowest BCUT2D eigenvalue weighted by Gasteiger charge is -2.11. The summed E-state index contributed by atoms with van der Waals surface area (Å²) < 4.78 is 24.3. The second-order valence-electron chi connectivity index (χ2n) is 4.35. The fourth-order valence-electron chi connectivity index (χ4n) is 1.92. The Kier molecular flexibility index (Phi) is 4.48. The van der Waals surface area contributed by atoms with Crippen LogP contribution in [-0.4, -0.2) is 12.9 Å². The normalized spacial score (nSPS) is 10.3. The van der Waals surface area contributed by atoms with Crippen molar-refractivity contribution in [3.63, 3.8) is 0 Å². The number of rotatable bonds is 5. The molecule has 0 aromatic heterocycles. The molecule has 2 aromatic carbocycles. The molecule has 0 bridgehead atoms. The molecule has 2 aromatic rings. The van der Waals surface area contributed by atoms with E-state index < -0.39 is 5.82 Å². The van der Waals surface area contributed by atoms with E-state index in [4.69, 9.17) is 9.47 Å². The molecule has 0 spiro atoms. The van der Waals surface area contributed by atoms with Gasteiger partial charge in [0.2, 0.25) is 0 Å². The van der Waals surface area contributed by atoms with Crippen LogP contribution in [0.5, 0.6) is 11.5 Å². The summed E-state index contributed by atoms with van der Waals surface area (Å²) in [7, 11) is 1.61. The van der Waals surface area contributed by atoms with Crippen molar-refractivity contribution in [3.8, 4) is 11.5 Å². The Morgan fingerprint density at radius 2 is 1.95 bits per heavy atom. The van der Waals surface area contributed by atoms with Gasteiger partial charge in [0, 0.05) is 7.11 Å². The Labute approximate surface area is 117 Å². The van der Waals surface area contributed by atoms with Crippen LogP contribution in [0.4, 0.5) is 4.39 Å². The maximum atomic E-state index is 13.7. The largest absolute Gasteiger partial charge is 0.456 e. The van der Waals surface area contributed by atoms with E-state index in [-0.39, 0.29) is 17.1 Å². The molecular formula is C16H15FO3. The third-order valence-electron chi connectivity index (χ3n) is 2.76. The molecule has 0 radical (unpaired) electrons. The maximum absolute atomic E-state index is 13.7. The number of Topliss-reactive ketones (excluding diaryl/α,β-unsaturated/α-hetero) is 1. The first-order valence-corrected chi connectivity index (χ1v) is 6.17. The molecule has 0 N–H and O–H groups in total. The fourth-order valence-corrected chi connectivity index (χ4v) is 1.92. The van der Waals surface area contributed by atoms with Gasteiger partial charge in [-0.2, -0.15) is 0 Å². The van der Waals surface area contributed by atoms with E-state index in [0.29, 0.717) is 12.4 Å². The standard InChI is InChI=1S/C16H15FO3/c1-11(18)16-14(17)7-4-8-15(16)20-13-6-3-5-12(9-13)10-19-2/h3-9H,10H2,1-2H3. The van der Waals surface area contributed by atoms with E-state index in [1.807, 2.05) is 12.1 Å². The SMILES string of the molecule is COCc1cccc(Oc2cccc(F)c2C(C)=O)c1. The topological polar surface area (TPSA) is 35.5 Å². The van der Waals surface area contributed by atoms with Gasteiger partial charge in [-0.1, -0.05) is 18.2 Å². The first kappa shape index (κ1) is 14.2.